The fourth-order valence-corrected chi connectivity index (χ4v) is 1.16. The fourth-order valence-electron chi connectivity index (χ4n) is 1.16. The van der Waals surface area contributed by atoms with Gasteiger partial charge in [0.05, 0.1) is 13.2 Å². The van der Waals surface area contributed by atoms with E-state index in [2.05, 4.69) is 13.2 Å². The van der Waals surface area contributed by atoms with Crippen LogP contribution in [0.3, 0.4) is 0 Å². The fraction of sp³-hybridized carbons (Fsp3) is 0.583. The van der Waals surface area contributed by atoms with Gasteiger partial charge in [0.25, 0.3) is 0 Å². The van der Waals surface area contributed by atoms with Crippen LogP contribution in [0.15, 0.2) is 24.8 Å². The number of esters is 1. The van der Waals surface area contributed by atoms with Gasteiger partial charge in [0.1, 0.15) is 0 Å². The highest BCUT2D eigenvalue weighted by Gasteiger charge is 2.09. The highest BCUT2D eigenvalue weighted by Crippen LogP contribution is 2.00. The summed E-state index contributed by atoms with van der Waals surface area (Å²) < 4.78 is 4.89. The molecule has 0 bridgehead atoms. The molecule has 0 saturated carbocycles. The standard InChI is InChI=1S/C12H21NO2/c1-5-8-13(9-7-11(3)4)10-12(14)15-6-2/h5H,1,3,6-10H2,2,4H3. The first kappa shape index (κ1) is 13.9. The normalized spacial score (nSPS) is 10.1. The van der Waals surface area contributed by atoms with Crippen molar-refractivity contribution in [3.05, 3.63) is 24.8 Å². The molecule has 0 aliphatic carbocycles. The lowest BCUT2D eigenvalue weighted by molar-refractivity contribution is -0.144. The molecule has 0 spiro atoms. The maximum absolute atomic E-state index is 11.3. The second-order valence-corrected chi connectivity index (χ2v) is 3.54. The zero-order chi connectivity index (χ0) is 11.7. The predicted molar refractivity (Wildman–Crippen MR) is 62.7 cm³/mol. The highest BCUT2D eigenvalue weighted by atomic mass is 16.5. The molecule has 0 radical (unpaired) electrons. The smallest absolute Gasteiger partial charge is 0.320 e. The number of carbonyl (C=O) groups is 1. The van der Waals surface area contributed by atoms with Crippen molar-refractivity contribution in [2.24, 2.45) is 0 Å². The molecule has 0 unspecified atom stereocenters. The second-order valence-electron chi connectivity index (χ2n) is 3.54. The van der Waals surface area contributed by atoms with Crippen LogP contribution >= 0.6 is 0 Å². The quantitative estimate of drug-likeness (QED) is 0.454. The Labute approximate surface area is 92.4 Å². The van der Waals surface area contributed by atoms with Crippen LogP contribution in [-0.2, 0) is 9.53 Å². The molecule has 0 atom stereocenters. The summed E-state index contributed by atoms with van der Waals surface area (Å²) in [7, 11) is 0. The van der Waals surface area contributed by atoms with Crippen LogP contribution in [0.1, 0.15) is 20.3 Å². The molecule has 0 amide bonds. The van der Waals surface area contributed by atoms with Crippen molar-refractivity contribution >= 4 is 5.97 Å². The predicted octanol–water partition coefficient (Wildman–Crippen LogP) is 2.00. The third kappa shape index (κ3) is 7.94. The van der Waals surface area contributed by atoms with Crippen molar-refractivity contribution in [3.8, 4) is 0 Å². The lowest BCUT2D eigenvalue weighted by Crippen LogP contribution is -2.32. The van der Waals surface area contributed by atoms with Crippen molar-refractivity contribution in [2.75, 3.05) is 26.2 Å². The summed E-state index contributed by atoms with van der Waals surface area (Å²) in [6.45, 7) is 13.6. The summed E-state index contributed by atoms with van der Waals surface area (Å²) in [6, 6.07) is 0. The zero-order valence-corrected chi connectivity index (χ0v) is 9.79. The highest BCUT2D eigenvalue weighted by molar-refractivity contribution is 5.71. The minimum absolute atomic E-state index is 0.180. The van der Waals surface area contributed by atoms with Gasteiger partial charge >= 0.3 is 5.97 Å². The average molecular weight is 211 g/mol. The molecule has 0 N–H and O–H groups in total. The molecule has 15 heavy (non-hydrogen) atoms. The van der Waals surface area contributed by atoms with Gasteiger partial charge in [-0.2, -0.15) is 0 Å². The van der Waals surface area contributed by atoms with E-state index in [-0.39, 0.29) is 5.97 Å². The molecule has 0 saturated heterocycles. The zero-order valence-electron chi connectivity index (χ0n) is 9.79. The molecule has 0 aromatic rings. The van der Waals surface area contributed by atoms with E-state index in [0.29, 0.717) is 19.7 Å². The number of ether oxygens (including phenoxy) is 1. The van der Waals surface area contributed by atoms with Gasteiger partial charge in [-0.3, -0.25) is 9.69 Å². The van der Waals surface area contributed by atoms with Crippen molar-refractivity contribution in [3.63, 3.8) is 0 Å². The lowest BCUT2D eigenvalue weighted by atomic mass is 10.2. The van der Waals surface area contributed by atoms with E-state index < -0.39 is 0 Å². The van der Waals surface area contributed by atoms with Gasteiger partial charge < -0.3 is 4.74 Å². The maximum Gasteiger partial charge on any atom is 0.320 e. The Kier molecular flexibility index (Phi) is 7.64. The summed E-state index contributed by atoms with van der Waals surface area (Å²) in [5.74, 6) is -0.180. The van der Waals surface area contributed by atoms with Crippen LogP contribution in [0, 0.1) is 0 Å². The van der Waals surface area contributed by atoms with Gasteiger partial charge in [0.15, 0.2) is 0 Å². The molecule has 0 aliphatic rings. The minimum Gasteiger partial charge on any atom is -0.465 e. The second kappa shape index (κ2) is 8.24. The molecule has 0 heterocycles. The summed E-state index contributed by atoms with van der Waals surface area (Å²) >= 11 is 0. The third-order valence-corrected chi connectivity index (χ3v) is 1.90. The van der Waals surface area contributed by atoms with E-state index in [1.54, 1.807) is 6.08 Å². The molecule has 0 rings (SSSR count). The van der Waals surface area contributed by atoms with Crippen molar-refractivity contribution in [2.45, 2.75) is 20.3 Å². The molecule has 86 valence electrons. The molecule has 3 nitrogen and oxygen atoms in total. The average Bonchev–Trinajstić information content (AvgIpc) is 2.15. The Morgan fingerprint density at radius 3 is 2.67 bits per heavy atom. The molecule has 3 heteroatoms. The Morgan fingerprint density at radius 2 is 2.20 bits per heavy atom. The molecule has 0 aromatic heterocycles. The van der Waals surface area contributed by atoms with Gasteiger partial charge in [-0.25, -0.2) is 0 Å². The van der Waals surface area contributed by atoms with Gasteiger partial charge in [-0.15, -0.1) is 13.2 Å². The van der Waals surface area contributed by atoms with E-state index in [0.717, 1.165) is 18.5 Å². The van der Waals surface area contributed by atoms with Crippen LogP contribution in [0.5, 0.6) is 0 Å². The maximum atomic E-state index is 11.3. The Hall–Kier alpha value is -1.09. The number of rotatable bonds is 8. The topological polar surface area (TPSA) is 29.5 Å². The Bertz CT molecular complexity index is 224. The van der Waals surface area contributed by atoms with Crippen LogP contribution in [-0.4, -0.2) is 37.1 Å². The van der Waals surface area contributed by atoms with Crippen molar-refractivity contribution < 1.29 is 9.53 Å². The summed E-state index contributed by atoms with van der Waals surface area (Å²) in [5, 5.41) is 0. The number of hydrogen-bond donors (Lipinski definition) is 0. The first-order chi connectivity index (χ1) is 7.10. The van der Waals surface area contributed by atoms with E-state index >= 15 is 0 Å². The first-order valence-corrected chi connectivity index (χ1v) is 5.23. The van der Waals surface area contributed by atoms with Crippen LogP contribution < -0.4 is 0 Å². The van der Waals surface area contributed by atoms with E-state index in [9.17, 15) is 4.79 Å². The largest absolute Gasteiger partial charge is 0.465 e. The van der Waals surface area contributed by atoms with E-state index in [1.165, 1.54) is 0 Å². The van der Waals surface area contributed by atoms with Gasteiger partial charge in [-0.05, 0) is 20.3 Å². The van der Waals surface area contributed by atoms with E-state index in [4.69, 9.17) is 4.74 Å². The van der Waals surface area contributed by atoms with Crippen molar-refractivity contribution in [1.82, 2.24) is 4.90 Å². The molecule has 0 aromatic carbocycles. The minimum atomic E-state index is -0.180. The third-order valence-electron chi connectivity index (χ3n) is 1.90. The van der Waals surface area contributed by atoms with Crippen LogP contribution in [0.2, 0.25) is 0 Å². The van der Waals surface area contributed by atoms with E-state index in [1.807, 2.05) is 18.7 Å². The SMILES string of the molecule is C=CCN(CCC(=C)C)CC(=O)OCC. The first-order valence-electron chi connectivity index (χ1n) is 5.23. The number of hydrogen-bond acceptors (Lipinski definition) is 3. The van der Waals surface area contributed by atoms with Gasteiger partial charge in [-0.1, -0.05) is 11.6 Å². The van der Waals surface area contributed by atoms with Crippen LogP contribution in [0.25, 0.3) is 0 Å². The molecule has 0 fully saturated rings. The van der Waals surface area contributed by atoms with Gasteiger partial charge in [0.2, 0.25) is 0 Å². The van der Waals surface area contributed by atoms with Crippen LogP contribution in [0.4, 0.5) is 0 Å². The molecule has 0 aliphatic heterocycles. The van der Waals surface area contributed by atoms with Crippen molar-refractivity contribution in [1.29, 1.82) is 0 Å². The molecular formula is C12H21NO2. The lowest BCUT2D eigenvalue weighted by Gasteiger charge is -2.19. The number of carbonyl (C=O) groups excluding carboxylic acids is 1. The summed E-state index contributed by atoms with van der Waals surface area (Å²) in [5.41, 5.74) is 1.12. The summed E-state index contributed by atoms with van der Waals surface area (Å²) in [6.07, 6.45) is 2.69. The summed E-state index contributed by atoms with van der Waals surface area (Å²) in [4.78, 5) is 13.3. The number of nitrogens with zero attached hydrogens (tertiary/aromatic N) is 1. The Morgan fingerprint density at radius 1 is 1.53 bits per heavy atom. The molecular weight excluding hydrogens is 190 g/mol. The Balaban J connectivity index is 3.96. The van der Waals surface area contributed by atoms with Gasteiger partial charge in [0, 0.05) is 13.1 Å². The monoisotopic (exact) mass is 211 g/mol.